The Bertz CT molecular complexity index is 1200. The third-order valence-corrected chi connectivity index (χ3v) is 7.19. The molecule has 1 saturated heterocycles. The number of likely N-dealkylation sites (tertiary alicyclic amines) is 1. The number of fused-ring (bicyclic) bond motifs is 2. The molecule has 0 N–H and O–H groups in total. The first-order valence-electron chi connectivity index (χ1n) is 12.5. The van der Waals surface area contributed by atoms with Gasteiger partial charge in [-0.1, -0.05) is 29.8 Å². The molecule has 3 heterocycles. The number of carbonyl (C=O) groups excluding carboxylic acids is 1. The van der Waals surface area contributed by atoms with Crippen molar-refractivity contribution in [3.05, 3.63) is 71.1 Å². The number of halogens is 1. The van der Waals surface area contributed by atoms with Gasteiger partial charge in [0.2, 0.25) is 0 Å². The van der Waals surface area contributed by atoms with Crippen LogP contribution in [-0.2, 0) is 20.8 Å². The molecule has 0 spiro atoms. The van der Waals surface area contributed by atoms with Crippen molar-refractivity contribution in [1.29, 1.82) is 0 Å². The predicted molar refractivity (Wildman–Crippen MR) is 140 cm³/mol. The minimum Gasteiger partial charge on any atom is -0.485 e. The highest BCUT2D eigenvalue weighted by Crippen LogP contribution is 2.38. The van der Waals surface area contributed by atoms with Crippen LogP contribution in [0.4, 0.5) is 0 Å². The minimum absolute atomic E-state index is 0.0471. The summed E-state index contributed by atoms with van der Waals surface area (Å²) in [5.41, 5.74) is 1.74. The Morgan fingerprint density at radius 3 is 2.66 bits per heavy atom. The summed E-state index contributed by atoms with van der Waals surface area (Å²) in [4.78, 5) is 19.1. The lowest BCUT2D eigenvalue weighted by Crippen LogP contribution is -2.34. The van der Waals surface area contributed by atoms with Crippen molar-refractivity contribution in [1.82, 2.24) is 9.88 Å². The van der Waals surface area contributed by atoms with Crippen molar-refractivity contribution in [3.63, 3.8) is 0 Å². The lowest BCUT2D eigenvalue weighted by Gasteiger charge is -2.32. The van der Waals surface area contributed by atoms with Crippen molar-refractivity contribution < 1.29 is 14.3 Å². The molecular weight excluding hydrogens is 460 g/mol. The maximum atomic E-state index is 12.2. The Morgan fingerprint density at radius 1 is 1.14 bits per heavy atom. The molecule has 6 heteroatoms. The number of carbonyl (C=O) groups is 1. The molecule has 0 amide bonds. The van der Waals surface area contributed by atoms with Gasteiger partial charge in [-0.3, -0.25) is 14.7 Å². The standard InChI is InChI=1S/C29H33ClN2O3/c1-29(2,3)35-28(33)14-19-8-10-32(11-9-19)18-20-12-22-23(25(30)13-20)16-31-17-24(22)27-15-21-6-4-5-7-26(21)34-27/h4-7,12-13,15-17,19,21,26H,8-11,14,18H2,1-3H3. The molecule has 5 rings (SSSR count). The molecular formula is C29H33ClN2O3. The first-order valence-corrected chi connectivity index (χ1v) is 12.9. The van der Waals surface area contributed by atoms with Crippen molar-refractivity contribution in [2.45, 2.75) is 58.3 Å². The molecule has 35 heavy (non-hydrogen) atoms. The van der Waals surface area contributed by atoms with Gasteiger partial charge in [-0.25, -0.2) is 0 Å². The molecule has 0 saturated carbocycles. The highest BCUT2D eigenvalue weighted by molar-refractivity contribution is 6.35. The second kappa shape index (κ2) is 9.79. The normalized spacial score (nSPS) is 22.7. The third kappa shape index (κ3) is 5.62. The van der Waals surface area contributed by atoms with Gasteiger partial charge in [-0.15, -0.1) is 0 Å². The maximum Gasteiger partial charge on any atom is 0.306 e. The molecule has 1 fully saturated rings. The van der Waals surface area contributed by atoms with Crippen molar-refractivity contribution >= 4 is 34.1 Å². The lowest BCUT2D eigenvalue weighted by molar-refractivity contribution is -0.156. The van der Waals surface area contributed by atoms with Crippen LogP contribution in [-0.4, -0.2) is 40.6 Å². The van der Waals surface area contributed by atoms with Crippen LogP contribution in [0.2, 0.25) is 5.02 Å². The third-order valence-electron chi connectivity index (χ3n) is 6.87. The van der Waals surface area contributed by atoms with Crippen molar-refractivity contribution in [2.24, 2.45) is 11.8 Å². The fourth-order valence-electron chi connectivity index (χ4n) is 5.18. The van der Waals surface area contributed by atoms with Gasteiger partial charge in [-0.2, -0.15) is 0 Å². The first-order chi connectivity index (χ1) is 16.7. The van der Waals surface area contributed by atoms with Gasteiger partial charge in [0.05, 0.1) is 5.02 Å². The summed E-state index contributed by atoms with van der Waals surface area (Å²) in [5, 5.41) is 2.72. The molecule has 2 unspecified atom stereocenters. The molecule has 1 aromatic heterocycles. The average Bonchev–Trinajstić information content (AvgIpc) is 3.23. The number of hydrogen-bond acceptors (Lipinski definition) is 5. The summed E-state index contributed by atoms with van der Waals surface area (Å²) < 4.78 is 11.8. The quantitative estimate of drug-likeness (QED) is 0.457. The van der Waals surface area contributed by atoms with Gasteiger partial charge in [-0.05, 0) is 87.9 Å². The number of rotatable bonds is 5. The van der Waals surface area contributed by atoms with E-state index in [4.69, 9.17) is 21.1 Å². The van der Waals surface area contributed by atoms with E-state index in [-0.39, 0.29) is 18.0 Å². The molecule has 0 bridgehead atoms. The van der Waals surface area contributed by atoms with Crippen molar-refractivity contribution in [3.8, 4) is 0 Å². The van der Waals surface area contributed by atoms with Crippen LogP contribution in [0.25, 0.3) is 16.5 Å². The molecule has 0 radical (unpaired) electrons. The predicted octanol–water partition coefficient (Wildman–Crippen LogP) is 6.31. The highest BCUT2D eigenvalue weighted by atomic mass is 35.5. The number of piperidine rings is 1. The molecule has 184 valence electrons. The minimum atomic E-state index is -0.424. The summed E-state index contributed by atoms with van der Waals surface area (Å²) in [6.07, 6.45) is 16.8. The molecule has 2 aliphatic heterocycles. The molecule has 2 atom stereocenters. The number of hydrogen-bond donors (Lipinski definition) is 0. The van der Waals surface area contributed by atoms with E-state index >= 15 is 0 Å². The summed E-state index contributed by atoms with van der Waals surface area (Å²) >= 11 is 6.72. The summed E-state index contributed by atoms with van der Waals surface area (Å²) in [5.74, 6) is 1.42. The Kier molecular flexibility index (Phi) is 6.73. The average molecular weight is 493 g/mol. The van der Waals surface area contributed by atoms with E-state index in [9.17, 15) is 4.79 Å². The molecule has 1 aromatic carbocycles. The van der Waals surface area contributed by atoms with E-state index in [0.29, 0.717) is 17.4 Å². The number of pyridine rings is 1. The van der Waals surface area contributed by atoms with Gasteiger partial charge < -0.3 is 9.47 Å². The Hall–Kier alpha value is -2.63. The van der Waals surface area contributed by atoms with Crippen LogP contribution in [0.5, 0.6) is 0 Å². The zero-order valence-electron chi connectivity index (χ0n) is 20.7. The second-order valence-electron chi connectivity index (χ2n) is 10.8. The van der Waals surface area contributed by atoms with Crippen LogP contribution < -0.4 is 0 Å². The fraction of sp³-hybridized carbons (Fsp3) is 0.448. The number of ether oxygens (including phenoxy) is 2. The largest absolute Gasteiger partial charge is 0.485 e. The summed E-state index contributed by atoms with van der Waals surface area (Å²) in [7, 11) is 0. The number of esters is 1. The van der Waals surface area contributed by atoms with Gasteiger partial charge >= 0.3 is 5.97 Å². The Morgan fingerprint density at radius 2 is 1.91 bits per heavy atom. The molecule has 2 aromatic rings. The zero-order valence-corrected chi connectivity index (χ0v) is 21.4. The number of benzene rings is 1. The Balaban J connectivity index is 1.28. The molecule has 3 aliphatic rings. The van der Waals surface area contributed by atoms with Crippen LogP contribution in [0.1, 0.15) is 51.2 Å². The number of allylic oxidation sites excluding steroid dienone is 2. The SMILES string of the molecule is CC(C)(C)OC(=O)CC1CCN(Cc2cc(Cl)c3cncc(C4=CC5C=CC=CC5O4)c3c2)CC1. The first kappa shape index (κ1) is 24.1. The fourth-order valence-corrected chi connectivity index (χ4v) is 5.47. The van der Waals surface area contributed by atoms with E-state index in [0.717, 1.165) is 54.6 Å². The summed E-state index contributed by atoms with van der Waals surface area (Å²) in [6.45, 7) is 8.50. The van der Waals surface area contributed by atoms with Gasteiger partial charge in [0.25, 0.3) is 0 Å². The smallest absolute Gasteiger partial charge is 0.306 e. The van der Waals surface area contributed by atoms with Crippen LogP contribution in [0.15, 0.2) is 54.9 Å². The number of aromatic nitrogens is 1. The second-order valence-corrected chi connectivity index (χ2v) is 11.2. The van der Waals surface area contributed by atoms with E-state index in [2.05, 4.69) is 46.3 Å². The maximum absolute atomic E-state index is 12.2. The van der Waals surface area contributed by atoms with Gasteiger partial charge in [0.1, 0.15) is 17.5 Å². The monoisotopic (exact) mass is 492 g/mol. The molecule has 1 aliphatic carbocycles. The zero-order chi connectivity index (χ0) is 24.6. The van der Waals surface area contributed by atoms with Gasteiger partial charge in [0.15, 0.2) is 0 Å². The Labute approximate surface area is 212 Å². The van der Waals surface area contributed by atoms with E-state index in [1.54, 1.807) is 0 Å². The topological polar surface area (TPSA) is 51.7 Å². The van der Waals surface area contributed by atoms with Crippen LogP contribution in [0.3, 0.4) is 0 Å². The van der Waals surface area contributed by atoms with E-state index in [1.807, 2.05) is 39.2 Å². The van der Waals surface area contributed by atoms with E-state index < -0.39 is 5.60 Å². The van der Waals surface area contributed by atoms with Crippen LogP contribution in [0, 0.1) is 11.8 Å². The van der Waals surface area contributed by atoms with Crippen molar-refractivity contribution in [2.75, 3.05) is 13.1 Å². The number of nitrogens with zero attached hydrogens (tertiary/aromatic N) is 2. The van der Waals surface area contributed by atoms with Gasteiger partial charge in [0, 0.05) is 42.2 Å². The van der Waals surface area contributed by atoms with Crippen LogP contribution >= 0.6 is 11.6 Å². The lowest BCUT2D eigenvalue weighted by atomic mass is 9.93. The molecule has 5 nitrogen and oxygen atoms in total. The summed E-state index contributed by atoms with van der Waals surface area (Å²) in [6, 6.07) is 4.28. The van der Waals surface area contributed by atoms with E-state index in [1.165, 1.54) is 5.56 Å². The highest BCUT2D eigenvalue weighted by Gasteiger charge is 2.29.